The molecule has 208 valence electrons. The number of hydrogen-bond donors (Lipinski definition) is 4. The van der Waals surface area contributed by atoms with Crippen molar-refractivity contribution in [2.24, 2.45) is 0 Å². The molecule has 0 radical (unpaired) electrons. The van der Waals surface area contributed by atoms with Gasteiger partial charge in [0, 0.05) is 38.0 Å². The van der Waals surface area contributed by atoms with Gasteiger partial charge in [-0.2, -0.15) is 0 Å². The number of rotatable bonds is 16. The van der Waals surface area contributed by atoms with Gasteiger partial charge >= 0.3 is 35.5 Å². The normalized spacial score (nSPS) is 10.6. The van der Waals surface area contributed by atoms with Gasteiger partial charge in [-0.3, -0.25) is 0 Å². The van der Waals surface area contributed by atoms with Crippen molar-refractivity contribution in [3.63, 3.8) is 0 Å². The van der Waals surface area contributed by atoms with Gasteiger partial charge in [-0.15, -0.1) is 0 Å². The first-order chi connectivity index (χ1) is 15.8. The Labute approximate surface area is 230 Å². The Bertz CT molecular complexity index is 592. The molecule has 0 aliphatic rings. The number of hydrogen-bond acceptors (Lipinski definition) is 12. The number of aliphatic carboxylic acids is 2. The molecule has 0 aromatic rings. The molecule has 0 heterocycles. The molecule has 35 heavy (non-hydrogen) atoms. The van der Waals surface area contributed by atoms with E-state index < -0.39 is 39.9 Å². The monoisotopic (exact) mass is 545 g/mol. The quantitative estimate of drug-likeness (QED) is 0.0612. The van der Waals surface area contributed by atoms with Gasteiger partial charge in [-0.1, -0.05) is 6.42 Å². The number of unbranched alkanes of at least 4 members (excludes halogenated alkanes) is 4. The van der Waals surface area contributed by atoms with E-state index in [4.69, 9.17) is 25.5 Å². The zero-order valence-electron chi connectivity index (χ0n) is 20.6. The average Bonchev–Trinajstić information content (AvgIpc) is 2.71. The van der Waals surface area contributed by atoms with E-state index in [1.165, 1.54) is 0 Å². The second kappa shape index (κ2) is 33.2. The van der Waals surface area contributed by atoms with Crippen molar-refractivity contribution in [1.82, 2.24) is 0 Å². The molecule has 0 aliphatic heterocycles. The zero-order valence-corrected chi connectivity index (χ0v) is 23.5. The summed E-state index contributed by atoms with van der Waals surface area (Å²) in [6, 6.07) is 0. The average molecular weight is 546 g/mol. The summed E-state index contributed by atoms with van der Waals surface area (Å²) in [7, 11) is -4.32. The van der Waals surface area contributed by atoms with E-state index in [2.05, 4.69) is 0 Å². The summed E-state index contributed by atoms with van der Waals surface area (Å²) >= 11 is 0. The summed E-state index contributed by atoms with van der Waals surface area (Å²) in [5.74, 6) is -3.28. The molecule has 0 aromatic heterocycles. The topological polar surface area (TPSA) is 258 Å². The fourth-order valence-corrected chi connectivity index (χ4v) is 2.39. The predicted octanol–water partition coefficient (Wildman–Crippen LogP) is -5.86. The van der Waals surface area contributed by atoms with Crippen molar-refractivity contribution in [2.75, 3.05) is 25.6 Å². The van der Waals surface area contributed by atoms with Crippen LogP contribution in [0.1, 0.15) is 79.0 Å². The molecule has 0 aliphatic carbocycles. The van der Waals surface area contributed by atoms with E-state index in [-0.39, 0.29) is 70.1 Å². The van der Waals surface area contributed by atoms with Crippen LogP contribution in [0, 0.1) is 0 Å². The molecule has 0 bridgehead atoms. The molecule has 0 saturated carbocycles. The van der Waals surface area contributed by atoms with Crippen LogP contribution < -0.4 is 39.8 Å². The van der Waals surface area contributed by atoms with Crippen LogP contribution in [0.25, 0.3) is 0 Å². The van der Waals surface area contributed by atoms with E-state index in [9.17, 15) is 37.6 Å². The van der Waals surface area contributed by atoms with Crippen molar-refractivity contribution in [2.45, 2.75) is 83.7 Å². The summed E-state index contributed by atoms with van der Waals surface area (Å²) in [5, 5.41) is 59.4. The standard InChI is InChI=1S/C6H14O5S.C6H12O3.C5H10O3.C3H6O2.Na.H2/c7-4-2-1-3-6(8)5-12(9,10)11;7-5-3-1-2-4-6(8)9;6-4-2-1-3-5(7)8;1-2-3(4)5;;/h6-8H,1-5H2,(H,9,10,11);7H,1-5H2,(H,8,9);6H,1-4H2,(H,7,8);2H2,1H3,(H,4,5);;1H/q;;;;+1;/p-2. The molecule has 1 atom stereocenters. The molecule has 0 fully saturated rings. The Morgan fingerprint density at radius 1 is 0.829 bits per heavy atom. The molecule has 13 nitrogen and oxygen atoms in total. The molecular weight excluding hydrogens is 503 g/mol. The minimum Gasteiger partial charge on any atom is -0.748 e. The summed E-state index contributed by atoms with van der Waals surface area (Å²) in [4.78, 5) is 28.9. The number of carboxylic acids is 2. The van der Waals surface area contributed by atoms with Gasteiger partial charge in [-0.05, 0) is 64.7 Å². The van der Waals surface area contributed by atoms with Gasteiger partial charge in [0.25, 0.3) is 0 Å². The van der Waals surface area contributed by atoms with Crippen molar-refractivity contribution in [3.05, 3.63) is 0 Å². The molecule has 0 aromatic carbocycles. The van der Waals surface area contributed by atoms with Crippen molar-refractivity contribution < 1.29 is 94.1 Å². The molecular formula is C20H42NaO13S-. The first kappa shape index (κ1) is 44.2. The van der Waals surface area contributed by atoms with Crippen LogP contribution in [-0.4, -0.2) is 88.1 Å². The summed E-state index contributed by atoms with van der Waals surface area (Å²) < 4.78 is 30.3. The van der Waals surface area contributed by atoms with Crippen LogP contribution in [-0.2, 0) is 24.5 Å². The maximum absolute atomic E-state index is 10.1. The molecule has 0 spiro atoms. The van der Waals surface area contributed by atoms with Crippen LogP contribution >= 0.6 is 0 Å². The van der Waals surface area contributed by atoms with Crippen LogP contribution in [0.5, 0.6) is 0 Å². The van der Waals surface area contributed by atoms with Crippen molar-refractivity contribution in [3.8, 4) is 0 Å². The van der Waals surface area contributed by atoms with Crippen LogP contribution in [0.4, 0.5) is 0 Å². The molecule has 0 saturated heterocycles. The Morgan fingerprint density at radius 3 is 1.49 bits per heavy atom. The first-order valence-electron chi connectivity index (χ1n) is 10.9. The fourth-order valence-electron chi connectivity index (χ4n) is 1.75. The Kier molecular flexibility index (Phi) is 41.9. The number of carboxylic acid groups (broad SMARTS) is 2. The van der Waals surface area contributed by atoms with Crippen molar-refractivity contribution >= 4 is 28.0 Å². The molecule has 0 amide bonds. The van der Waals surface area contributed by atoms with Gasteiger partial charge in [0.15, 0.2) is 0 Å². The predicted molar refractivity (Wildman–Crippen MR) is 119 cm³/mol. The fraction of sp³-hybridized carbons (Fsp3) is 0.850. The third-order valence-corrected chi connectivity index (χ3v) is 4.28. The van der Waals surface area contributed by atoms with Gasteiger partial charge in [-0.25, -0.2) is 8.42 Å². The minimum atomic E-state index is -4.32. The molecule has 0 rings (SSSR count). The van der Waals surface area contributed by atoms with Gasteiger partial charge in [0.05, 0.1) is 22.0 Å². The number of carbonyl (C=O) groups is 3. The van der Waals surface area contributed by atoms with E-state index in [1.54, 1.807) is 6.92 Å². The third-order valence-electron chi connectivity index (χ3n) is 3.49. The maximum Gasteiger partial charge on any atom is 1.00 e. The minimum absolute atomic E-state index is 0. The Morgan fingerprint density at radius 2 is 1.17 bits per heavy atom. The molecule has 6 N–H and O–H groups in total. The third kappa shape index (κ3) is 65.6. The van der Waals surface area contributed by atoms with Crippen molar-refractivity contribution in [1.29, 1.82) is 0 Å². The Balaban J connectivity index is -0.0000000850. The summed E-state index contributed by atoms with van der Waals surface area (Å²) in [6.45, 7) is 1.88. The summed E-state index contributed by atoms with van der Waals surface area (Å²) in [5.41, 5.74) is 0. The Hall–Kier alpha value is -0.840. The van der Waals surface area contributed by atoms with E-state index in [0.717, 1.165) is 6.42 Å². The van der Waals surface area contributed by atoms with Crippen LogP contribution in [0.15, 0.2) is 0 Å². The smallest absolute Gasteiger partial charge is 0.748 e. The number of aliphatic hydroxyl groups excluding tert-OH is 4. The maximum atomic E-state index is 10.1. The SMILES string of the molecule is CCC(=O)[OH2+].O=C([O-])CCCCCO.O=C([O-])CCCCO.O=S(=O)([O-])CC(O)CCCCO.[HH].[Na+]. The van der Waals surface area contributed by atoms with Crippen LogP contribution in [0.2, 0.25) is 0 Å². The molecule has 1 unspecified atom stereocenters. The zero-order chi connectivity index (χ0) is 27.4. The molecule has 15 heteroatoms. The van der Waals surface area contributed by atoms with Crippen LogP contribution in [0.3, 0.4) is 0 Å². The van der Waals surface area contributed by atoms with Gasteiger partial charge in [0.2, 0.25) is 0 Å². The van der Waals surface area contributed by atoms with Gasteiger partial charge in [0.1, 0.15) is 6.42 Å². The number of aliphatic hydroxyl groups is 4. The van der Waals surface area contributed by atoms with E-state index >= 15 is 0 Å². The van der Waals surface area contributed by atoms with E-state index in [0.29, 0.717) is 44.9 Å². The summed E-state index contributed by atoms with van der Waals surface area (Å²) in [6.07, 6.45) is 3.80. The largest absolute Gasteiger partial charge is 1.00 e. The second-order valence-electron chi connectivity index (χ2n) is 6.83. The van der Waals surface area contributed by atoms with Gasteiger partial charge < -0.3 is 49.9 Å². The van der Waals surface area contributed by atoms with E-state index in [1.807, 2.05) is 0 Å². The number of carbonyl (C=O) groups excluding carboxylic acids is 3. The second-order valence-corrected chi connectivity index (χ2v) is 8.28. The first-order valence-corrected chi connectivity index (χ1v) is 12.4.